The maximum atomic E-state index is 12.7. The van der Waals surface area contributed by atoms with Crippen molar-refractivity contribution in [3.05, 3.63) is 60.7 Å². The molecule has 1 fully saturated rings. The summed E-state index contributed by atoms with van der Waals surface area (Å²) in [7, 11) is 1.86. The van der Waals surface area contributed by atoms with Gasteiger partial charge in [0.05, 0.1) is 6.61 Å². The van der Waals surface area contributed by atoms with Crippen LogP contribution in [-0.2, 0) is 11.9 Å². The van der Waals surface area contributed by atoms with Crippen molar-refractivity contribution in [2.45, 2.75) is 12.8 Å². The van der Waals surface area contributed by atoms with Gasteiger partial charge in [-0.2, -0.15) is 0 Å². The molecule has 132 valence electrons. The zero-order valence-electron chi connectivity index (χ0n) is 14.6. The van der Waals surface area contributed by atoms with Crippen LogP contribution in [0, 0.1) is 0 Å². The number of carbonyl (C=O) groups is 1. The lowest BCUT2D eigenvalue weighted by Gasteiger charge is -2.25. The summed E-state index contributed by atoms with van der Waals surface area (Å²) in [6, 6.07) is 11.7. The smallest absolute Gasteiger partial charge is 0.294 e. The fourth-order valence-electron chi connectivity index (χ4n) is 3.03. The van der Waals surface area contributed by atoms with Crippen LogP contribution in [0.3, 0.4) is 0 Å². The maximum absolute atomic E-state index is 12.7. The summed E-state index contributed by atoms with van der Waals surface area (Å²) in [6.07, 6.45) is 7.45. The molecule has 0 bridgehead atoms. The highest BCUT2D eigenvalue weighted by atomic mass is 16.7. The number of aryl methyl sites for hydroxylation is 1. The maximum Gasteiger partial charge on any atom is 0.294 e. The van der Waals surface area contributed by atoms with Gasteiger partial charge < -0.3 is 4.57 Å². The second-order valence-corrected chi connectivity index (χ2v) is 6.33. The van der Waals surface area contributed by atoms with E-state index in [0.717, 1.165) is 29.5 Å². The Bertz CT molecular complexity index is 897. The predicted octanol–water partition coefficient (Wildman–Crippen LogP) is 3.32. The number of benzene rings is 1. The van der Waals surface area contributed by atoms with Crippen molar-refractivity contribution in [3.63, 3.8) is 0 Å². The SMILES string of the molecule is Cn1cc(-c2cnc(-c3ccccc3)nc2)cc1C(=O)N1CCCCO1. The van der Waals surface area contributed by atoms with Gasteiger partial charge in [-0.05, 0) is 18.9 Å². The third-order valence-electron chi connectivity index (χ3n) is 4.47. The number of hydrogen-bond donors (Lipinski definition) is 0. The van der Waals surface area contributed by atoms with Gasteiger partial charge in [-0.1, -0.05) is 30.3 Å². The van der Waals surface area contributed by atoms with Crippen molar-refractivity contribution in [2.24, 2.45) is 7.05 Å². The molecule has 1 aliphatic heterocycles. The predicted molar refractivity (Wildman–Crippen MR) is 98.1 cm³/mol. The van der Waals surface area contributed by atoms with Crippen molar-refractivity contribution in [1.82, 2.24) is 19.6 Å². The van der Waals surface area contributed by atoms with Crippen LogP contribution in [0.4, 0.5) is 0 Å². The van der Waals surface area contributed by atoms with Gasteiger partial charge in [-0.25, -0.2) is 15.0 Å². The minimum Gasteiger partial charge on any atom is -0.346 e. The van der Waals surface area contributed by atoms with E-state index in [4.69, 9.17) is 4.84 Å². The Labute approximate surface area is 152 Å². The number of hydroxylamine groups is 2. The van der Waals surface area contributed by atoms with Crippen LogP contribution >= 0.6 is 0 Å². The second kappa shape index (κ2) is 7.09. The second-order valence-electron chi connectivity index (χ2n) is 6.33. The van der Waals surface area contributed by atoms with Gasteiger partial charge in [-0.3, -0.25) is 9.63 Å². The zero-order valence-corrected chi connectivity index (χ0v) is 14.6. The molecule has 0 unspecified atom stereocenters. The van der Waals surface area contributed by atoms with Crippen LogP contribution < -0.4 is 0 Å². The highest BCUT2D eigenvalue weighted by Gasteiger charge is 2.22. The van der Waals surface area contributed by atoms with Crippen LogP contribution in [0.25, 0.3) is 22.5 Å². The van der Waals surface area contributed by atoms with E-state index in [1.807, 2.05) is 54.2 Å². The molecule has 1 aromatic carbocycles. The Balaban J connectivity index is 1.58. The normalized spacial score (nSPS) is 14.4. The molecule has 0 aliphatic carbocycles. The third kappa shape index (κ3) is 3.23. The first-order chi connectivity index (χ1) is 12.7. The van der Waals surface area contributed by atoms with Gasteiger partial charge >= 0.3 is 0 Å². The number of amides is 1. The summed E-state index contributed by atoms with van der Waals surface area (Å²) in [4.78, 5) is 27.0. The van der Waals surface area contributed by atoms with Gasteiger partial charge in [0.25, 0.3) is 5.91 Å². The lowest BCUT2D eigenvalue weighted by molar-refractivity contribution is -0.144. The van der Waals surface area contributed by atoms with E-state index in [1.165, 1.54) is 5.06 Å². The van der Waals surface area contributed by atoms with Crippen molar-refractivity contribution in [2.75, 3.05) is 13.2 Å². The van der Waals surface area contributed by atoms with Gasteiger partial charge in [0.2, 0.25) is 0 Å². The molecule has 1 saturated heterocycles. The van der Waals surface area contributed by atoms with Crippen molar-refractivity contribution >= 4 is 5.91 Å². The van der Waals surface area contributed by atoms with Crippen LogP contribution in [-0.4, -0.2) is 38.7 Å². The first kappa shape index (κ1) is 16.5. The molecular formula is C20H20N4O2. The Hall–Kier alpha value is -2.99. The summed E-state index contributed by atoms with van der Waals surface area (Å²) < 4.78 is 1.82. The first-order valence-corrected chi connectivity index (χ1v) is 8.71. The summed E-state index contributed by atoms with van der Waals surface area (Å²) in [6.45, 7) is 1.23. The highest BCUT2D eigenvalue weighted by molar-refractivity contribution is 5.93. The standard InChI is InChI=1S/C20H20N4O2/c1-23-14-16(11-18(23)20(25)24-9-5-6-10-26-24)17-12-21-19(22-13-17)15-7-3-2-4-8-15/h2-4,7-8,11-14H,5-6,9-10H2,1H3. The molecule has 2 aromatic heterocycles. The molecule has 4 rings (SSSR count). The molecule has 26 heavy (non-hydrogen) atoms. The van der Waals surface area contributed by atoms with Crippen molar-refractivity contribution < 1.29 is 9.63 Å². The monoisotopic (exact) mass is 348 g/mol. The highest BCUT2D eigenvalue weighted by Crippen LogP contribution is 2.23. The fraction of sp³-hybridized carbons (Fsp3) is 0.250. The molecule has 0 atom stereocenters. The summed E-state index contributed by atoms with van der Waals surface area (Å²) in [5, 5.41) is 1.46. The summed E-state index contributed by atoms with van der Waals surface area (Å²) in [5.41, 5.74) is 3.35. The van der Waals surface area contributed by atoms with E-state index >= 15 is 0 Å². The Morgan fingerprint density at radius 2 is 1.81 bits per heavy atom. The molecule has 3 aromatic rings. The van der Waals surface area contributed by atoms with Crippen molar-refractivity contribution in [1.29, 1.82) is 0 Å². The number of rotatable bonds is 3. The number of aromatic nitrogens is 3. The largest absolute Gasteiger partial charge is 0.346 e. The van der Waals surface area contributed by atoms with Crippen LogP contribution in [0.5, 0.6) is 0 Å². The summed E-state index contributed by atoms with van der Waals surface area (Å²) in [5.74, 6) is 0.573. The van der Waals surface area contributed by atoms with Gasteiger partial charge in [0, 0.05) is 48.9 Å². The molecule has 0 spiro atoms. The Morgan fingerprint density at radius 3 is 2.50 bits per heavy atom. The van der Waals surface area contributed by atoms with Gasteiger partial charge in [0.1, 0.15) is 5.69 Å². The molecular weight excluding hydrogens is 328 g/mol. The van der Waals surface area contributed by atoms with E-state index in [2.05, 4.69) is 9.97 Å². The third-order valence-corrected chi connectivity index (χ3v) is 4.47. The number of hydrogen-bond acceptors (Lipinski definition) is 4. The Morgan fingerprint density at radius 1 is 1.04 bits per heavy atom. The zero-order chi connectivity index (χ0) is 17.9. The quantitative estimate of drug-likeness (QED) is 0.728. The lowest BCUT2D eigenvalue weighted by Crippen LogP contribution is -2.36. The molecule has 6 nitrogen and oxygen atoms in total. The van der Waals surface area contributed by atoms with Gasteiger partial charge in [0.15, 0.2) is 5.82 Å². The molecule has 0 radical (unpaired) electrons. The van der Waals surface area contributed by atoms with Crippen LogP contribution in [0.2, 0.25) is 0 Å². The average Bonchev–Trinajstić information content (AvgIpc) is 3.10. The van der Waals surface area contributed by atoms with E-state index < -0.39 is 0 Å². The van der Waals surface area contributed by atoms with E-state index in [9.17, 15) is 4.79 Å². The minimum absolute atomic E-state index is 0.111. The van der Waals surface area contributed by atoms with Crippen molar-refractivity contribution in [3.8, 4) is 22.5 Å². The molecule has 1 aliphatic rings. The van der Waals surface area contributed by atoms with Crippen LogP contribution in [0.15, 0.2) is 55.0 Å². The molecule has 3 heterocycles. The minimum atomic E-state index is -0.111. The van der Waals surface area contributed by atoms with E-state index in [-0.39, 0.29) is 5.91 Å². The van der Waals surface area contributed by atoms with E-state index in [1.54, 1.807) is 12.4 Å². The molecule has 6 heteroatoms. The van der Waals surface area contributed by atoms with Crippen LogP contribution in [0.1, 0.15) is 23.3 Å². The molecule has 1 amide bonds. The number of nitrogens with zero attached hydrogens (tertiary/aromatic N) is 4. The Kier molecular flexibility index (Phi) is 4.50. The average molecular weight is 348 g/mol. The molecule has 0 N–H and O–H groups in total. The number of carbonyl (C=O) groups excluding carboxylic acids is 1. The topological polar surface area (TPSA) is 60.2 Å². The van der Waals surface area contributed by atoms with Gasteiger partial charge in [-0.15, -0.1) is 0 Å². The summed E-state index contributed by atoms with van der Waals surface area (Å²) >= 11 is 0. The van der Waals surface area contributed by atoms with E-state index in [0.29, 0.717) is 24.7 Å². The lowest BCUT2D eigenvalue weighted by atomic mass is 10.1. The molecule has 0 saturated carbocycles. The fourth-order valence-corrected chi connectivity index (χ4v) is 3.03. The first-order valence-electron chi connectivity index (χ1n) is 8.71.